The molecule has 9 N–H and O–H groups in total. The number of carbonyl (C=O) groups is 3. The van der Waals surface area contributed by atoms with Crippen LogP contribution in [-0.2, 0) is 19.1 Å². The Hall–Kier alpha value is -1.59. The van der Waals surface area contributed by atoms with Gasteiger partial charge >= 0.3 is 11.9 Å². The highest BCUT2D eigenvalue weighted by Crippen LogP contribution is 2.26. The highest BCUT2D eigenvalue weighted by Gasteiger charge is 2.43. The zero-order chi connectivity index (χ0) is 45.6. The second kappa shape index (κ2) is 46.0. The fourth-order valence-electron chi connectivity index (χ4n) is 9.16. The quantitative estimate of drug-likeness (QED) is 0.0174. The molecular formula is C52H107N6O4+. The van der Waals surface area contributed by atoms with E-state index in [1.807, 2.05) is 0 Å². The number of esters is 2. The second-order valence-corrected chi connectivity index (χ2v) is 19.0. The average Bonchev–Trinajstić information content (AvgIpc) is 3.27. The molecule has 0 saturated heterocycles. The smallest absolute Gasteiger partial charge is 0.372 e. The van der Waals surface area contributed by atoms with Gasteiger partial charge in [-0.1, -0.05) is 194 Å². The zero-order valence-corrected chi connectivity index (χ0v) is 41.4. The van der Waals surface area contributed by atoms with Crippen molar-refractivity contribution in [1.82, 2.24) is 5.32 Å². The van der Waals surface area contributed by atoms with Gasteiger partial charge in [-0.15, -0.1) is 0 Å². The largest absolute Gasteiger partial charge is 0.388 e. The Morgan fingerprint density at radius 3 is 1.13 bits per heavy atom. The summed E-state index contributed by atoms with van der Waals surface area (Å²) in [6, 6.07) is -1.56. The van der Waals surface area contributed by atoms with Crippen molar-refractivity contribution in [2.24, 2.45) is 22.9 Å². The lowest BCUT2D eigenvalue weighted by Crippen LogP contribution is -2.61. The topological polar surface area (TPSA) is 177 Å². The maximum absolute atomic E-state index is 14.2. The molecule has 0 aliphatic heterocycles. The molecule has 0 saturated carbocycles. The van der Waals surface area contributed by atoms with Crippen LogP contribution in [-0.4, -0.2) is 80.2 Å². The average molecular weight is 880 g/mol. The number of rotatable bonds is 49. The van der Waals surface area contributed by atoms with Crippen LogP contribution in [0.2, 0.25) is 0 Å². The first kappa shape index (κ1) is 60.4. The minimum atomic E-state index is -0.908. The number of ether oxygens (including phenoxy) is 1. The summed E-state index contributed by atoms with van der Waals surface area (Å²) < 4.78 is 6.12. The van der Waals surface area contributed by atoms with Crippen molar-refractivity contribution < 1.29 is 23.6 Å². The summed E-state index contributed by atoms with van der Waals surface area (Å²) in [4.78, 5) is 40.4. The van der Waals surface area contributed by atoms with E-state index in [-0.39, 0.29) is 12.3 Å². The van der Waals surface area contributed by atoms with Crippen molar-refractivity contribution in [3.8, 4) is 0 Å². The van der Waals surface area contributed by atoms with E-state index in [0.717, 1.165) is 51.7 Å². The predicted octanol–water partition coefficient (Wildman–Crippen LogP) is 11.4. The Morgan fingerprint density at radius 1 is 0.435 bits per heavy atom. The highest BCUT2D eigenvalue weighted by molar-refractivity contribution is 5.90. The molecule has 0 bridgehead atoms. The molecule has 62 heavy (non-hydrogen) atoms. The maximum Gasteiger partial charge on any atom is 0.372 e. The molecule has 10 nitrogen and oxygen atoms in total. The van der Waals surface area contributed by atoms with E-state index in [9.17, 15) is 14.4 Å². The van der Waals surface area contributed by atoms with Crippen LogP contribution < -0.4 is 28.3 Å². The molecular weight excluding hydrogens is 773 g/mol. The Labute approximate surface area is 384 Å². The molecule has 0 aromatic carbocycles. The SMILES string of the molecule is CCCCCCCCCCCCCCCCCC[N+](CCCN)(CCCCCCCCCCCCCCCCCC)[C@@H](CCC(=O)NCCCN)C(=O)OC(=O)[C@@H](N)CCCN. The molecule has 0 aromatic rings. The number of nitrogens with two attached hydrogens (primary N) is 4. The van der Waals surface area contributed by atoms with Crippen LogP contribution in [0.5, 0.6) is 0 Å². The van der Waals surface area contributed by atoms with Crippen LogP contribution >= 0.6 is 0 Å². The molecule has 0 heterocycles. The van der Waals surface area contributed by atoms with Gasteiger partial charge < -0.3 is 37.5 Å². The molecule has 1 amide bonds. The number of unbranched alkanes of at least 4 members (excludes halogenated alkanes) is 30. The van der Waals surface area contributed by atoms with E-state index in [1.54, 1.807) is 0 Å². The van der Waals surface area contributed by atoms with Crippen LogP contribution in [0.1, 0.15) is 258 Å². The summed E-state index contributed by atoms with van der Waals surface area (Å²) in [6.07, 6.45) is 44.6. The lowest BCUT2D eigenvalue weighted by molar-refractivity contribution is -0.944. The lowest BCUT2D eigenvalue weighted by Gasteiger charge is -2.44. The van der Waals surface area contributed by atoms with Crippen molar-refractivity contribution in [2.45, 2.75) is 270 Å². The number of hydrogen-bond acceptors (Lipinski definition) is 8. The summed E-state index contributed by atoms with van der Waals surface area (Å²) in [5.74, 6) is -1.37. The van der Waals surface area contributed by atoms with Crippen LogP contribution in [0.15, 0.2) is 0 Å². The fourth-order valence-corrected chi connectivity index (χ4v) is 9.16. The summed E-state index contributed by atoms with van der Waals surface area (Å²) in [7, 11) is 0. The third-order valence-corrected chi connectivity index (χ3v) is 13.2. The van der Waals surface area contributed by atoms with Crippen molar-refractivity contribution in [3.05, 3.63) is 0 Å². The number of nitrogens with one attached hydrogen (secondary N) is 1. The van der Waals surface area contributed by atoms with Crippen LogP contribution in [0.4, 0.5) is 0 Å². The van der Waals surface area contributed by atoms with Gasteiger partial charge in [0.2, 0.25) is 5.91 Å². The van der Waals surface area contributed by atoms with Gasteiger partial charge in [0, 0.05) is 25.8 Å². The molecule has 368 valence electrons. The Kier molecular flexibility index (Phi) is 44.8. The van der Waals surface area contributed by atoms with Crippen molar-refractivity contribution in [3.63, 3.8) is 0 Å². The molecule has 0 aliphatic carbocycles. The monoisotopic (exact) mass is 880 g/mol. The van der Waals surface area contributed by atoms with Gasteiger partial charge in [0.15, 0.2) is 6.04 Å². The van der Waals surface area contributed by atoms with Crippen molar-refractivity contribution in [2.75, 3.05) is 45.8 Å². The summed E-state index contributed by atoms with van der Waals surface area (Å²) >= 11 is 0. The Bertz CT molecular complexity index is 964. The van der Waals surface area contributed by atoms with E-state index in [1.165, 1.54) is 180 Å². The number of nitrogens with zero attached hydrogens (tertiary/aromatic N) is 1. The van der Waals surface area contributed by atoms with Crippen LogP contribution in [0.3, 0.4) is 0 Å². The predicted molar refractivity (Wildman–Crippen MR) is 265 cm³/mol. The maximum atomic E-state index is 14.2. The van der Waals surface area contributed by atoms with Crippen molar-refractivity contribution >= 4 is 17.8 Å². The van der Waals surface area contributed by atoms with E-state index >= 15 is 0 Å². The standard InChI is InChI=1S/C52H106N6O4/c1-3-5-7-9-11-13-15-17-19-21-23-25-27-29-31-33-45-58(47-37-43-55,46-34-32-30-28-26-24-22-20-18-16-14-12-10-8-6-4-2)49(39-40-50(59)57-44-36-42-54)52(61)62-51(60)48(56)38-35-41-53/h48-49H,3-47,53-56H2,1-2H3/p+1/t48-,49-/m0/s1. The summed E-state index contributed by atoms with van der Waals surface area (Å²) in [5.41, 5.74) is 23.7. The van der Waals surface area contributed by atoms with Gasteiger partial charge in [0.25, 0.3) is 0 Å². The van der Waals surface area contributed by atoms with Gasteiger partial charge in [0.1, 0.15) is 6.04 Å². The third-order valence-electron chi connectivity index (χ3n) is 13.2. The summed E-state index contributed by atoms with van der Waals surface area (Å²) in [6.45, 7) is 8.82. The number of quaternary nitrogens is 1. The van der Waals surface area contributed by atoms with E-state index < -0.39 is 24.0 Å². The molecule has 0 aromatic heterocycles. The third kappa shape index (κ3) is 35.7. The molecule has 0 rings (SSSR count). The molecule has 0 fully saturated rings. The Balaban J connectivity index is 5.48. The van der Waals surface area contributed by atoms with Crippen LogP contribution in [0.25, 0.3) is 0 Å². The van der Waals surface area contributed by atoms with Gasteiger partial charge in [0.05, 0.1) is 19.6 Å². The fraction of sp³-hybridized carbons (Fsp3) is 0.942. The van der Waals surface area contributed by atoms with E-state index in [0.29, 0.717) is 56.3 Å². The number of amides is 1. The first-order chi connectivity index (χ1) is 30.3. The minimum absolute atomic E-state index is 0.107. The van der Waals surface area contributed by atoms with Crippen molar-refractivity contribution in [1.29, 1.82) is 0 Å². The highest BCUT2D eigenvalue weighted by atomic mass is 16.6. The summed E-state index contributed by atoms with van der Waals surface area (Å²) in [5, 5.41) is 2.96. The van der Waals surface area contributed by atoms with Gasteiger partial charge in [-0.3, -0.25) is 4.79 Å². The number of carbonyl (C=O) groups excluding carboxylic acids is 3. The van der Waals surface area contributed by atoms with Gasteiger partial charge in [-0.05, 0) is 64.6 Å². The lowest BCUT2D eigenvalue weighted by atomic mass is 10.00. The zero-order valence-electron chi connectivity index (χ0n) is 41.4. The Morgan fingerprint density at radius 2 is 0.774 bits per heavy atom. The van der Waals surface area contributed by atoms with Crippen LogP contribution in [0, 0.1) is 0 Å². The van der Waals surface area contributed by atoms with E-state index in [2.05, 4.69) is 19.2 Å². The first-order valence-corrected chi connectivity index (χ1v) is 27.1. The first-order valence-electron chi connectivity index (χ1n) is 27.1. The molecule has 10 heteroatoms. The van der Waals surface area contributed by atoms with E-state index in [4.69, 9.17) is 27.7 Å². The molecule has 0 unspecified atom stereocenters. The molecule has 0 radical (unpaired) electrons. The van der Waals surface area contributed by atoms with Gasteiger partial charge in [-0.2, -0.15) is 0 Å². The second-order valence-electron chi connectivity index (χ2n) is 19.0. The molecule has 2 atom stereocenters. The number of hydrogen-bond donors (Lipinski definition) is 5. The van der Waals surface area contributed by atoms with Gasteiger partial charge in [-0.25, -0.2) is 9.59 Å². The molecule has 0 spiro atoms. The minimum Gasteiger partial charge on any atom is -0.388 e. The molecule has 0 aliphatic rings. The normalized spacial score (nSPS) is 12.7.